The van der Waals surface area contributed by atoms with Crippen molar-refractivity contribution >= 4 is 33.2 Å². The van der Waals surface area contributed by atoms with Gasteiger partial charge in [-0.25, -0.2) is 9.97 Å². The SMILES string of the molecule is Nc1cnc(-c2ccc(Br)cc2Cl)nc1. The summed E-state index contributed by atoms with van der Waals surface area (Å²) in [6.07, 6.45) is 3.11. The summed E-state index contributed by atoms with van der Waals surface area (Å²) in [4.78, 5) is 8.21. The molecule has 5 heteroatoms. The second-order valence-electron chi connectivity index (χ2n) is 2.96. The van der Waals surface area contributed by atoms with Gasteiger partial charge >= 0.3 is 0 Å². The molecule has 15 heavy (non-hydrogen) atoms. The summed E-state index contributed by atoms with van der Waals surface area (Å²) in [5.74, 6) is 0.571. The fraction of sp³-hybridized carbons (Fsp3) is 0. The molecular weight excluding hydrogens is 277 g/mol. The molecule has 0 fully saturated rings. The van der Waals surface area contributed by atoms with Crippen molar-refractivity contribution in [3.63, 3.8) is 0 Å². The van der Waals surface area contributed by atoms with E-state index in [1.165, 1.54) is 0 Å². The van der Waals surface area contributed by atoms with E-state index in [0.29, 0.717) is 16.5 Å². The van der Waals surface area contributed by atoms with Crippen molar-refractivity contribution in [2.24, 2.45) is 0 Å². The third kappa shape index (κ3) is 2.27. The molecule has 2 rings (SSSR count). The molecule has 0 atom stereocenters. The molecule has 0 saturated carbocycles. The highest BCUT2D eigenvalue weighted by atomic mass is 79.9. The molecule has 0 aliphatic carbocycles. The Morgan fingerprint density at radius 2 is 1.87 bits per heavy atom. The number of hydrogen-bond donors (Lipinski definition) is 1. The molecule has 2 N–H and O–H groups in total. The predicted octanol–water partition coefficient (Wildman–Crippen LogP) is 3.14. The highest BCUT2D eigenvalue weighted by molar-refractivity contribution is 9.10. The number of hydrogen-bond acceptors (Lipinski definition) is 3. The first-order valence-corrected chi connectivity index (χ1v) is 5.37. The van der Waals surface area contributed by atoms with Crippen LogP contribution in [0.5, 0.6) is 0 Å². The van der Waals surface area contributed by atoms with Crippen molar-refractivity contribution in [2.45, 2.75) is 0 Å². The number of anilines is 1. The molecule has 76 valence electrons. The molecule has 0 aliphatic heterocycles. The van der Waals surface area contributed by atoms with Gasteiger partial charge in [-0.3, -0.25) is 0 Å². The number of aromatic nitrogens is 2. The zero-order valence-electron chi connectivity index (χ0n) is 7.61. The van der Waals surface area contributed by atoms with Crippen LogP contribution in [0.25, 0.3) is 11.4 Å². The fourth-order valence-electron chi connectivity index (χ4n) is 1.15. The Labute approximate surface area is 100 Å². The normalized spacial score (nSPS) is 10.3. The molecule has 0 unspecified atom stereocenters. The minimum Gasteiger partial charge on any atom is -0.396 e. The van der Waals surface area contributed by atoms with Gasteiger partial charge in [0.05, 0.1) is 23.1 Å². The maximum absolute atomic E-state index is 6.06. The highest BCUT2D eigenvalue weighted by Gasteiger charge is 2.06. The first-order chi connectivity index (χ1) is 7.16. The average molecular weight is 285 g/mol. The van der Waals surface area contributed by atoms with E-state index in [0.717, 1.165) is 10.0 Å². The lowest BCUT2D eigenvalue weighted by atomic mass is 10.2. The molecule has 0 radical (unpaired) electrons. The molecule has 0 aliphatic rings. The maximum Gasteiger partial charge on any atom is 0.160 e. The van der Waals surface area contributed by atoms with E-state index in [4.69, 9.17) is 17.3 Å². The van der Waals surface area contributed by atoms with E-state index in [-0.39, 0.29) is 0 Å². The van der Waals surface area contributed by atoms with Crippen molar-refractivity contribution in [1.82, 2.24) is 9.97 Å². The van der Waals surface area contributed by atoms with Crippen molar-refractivity contribution in [3.05, 3.63) is 40.1 Å². The van der Waals surface area contributed by atoms with Gasteiger partial charge in [0.1, 0.15) is 0 Å². The molecule has 1 aromatic carbocycles. The number of nitrogens with two attached hydrogens (primary N) is 1. The molecule has 1 aromatic heterocycles. The van der Waals surface area contributed by atoms with Gasteiger partial charge in [0, 0.05) is 10.0 Å². The lowest BCUT2D eigenvalue weighted by Gasteiger charge is -2.03. The van der Waals surface area contributed by atoms with Crippen LogP contribution in [0.15, 0.2) is 35.1 Å². The molecule has 0 bridgehead atoms. The van der Waals surface area contributed by atoms with Gasteiger partial charge in [0.2, 0.25) is 0 Å². The summed E-state index contributed by atoms with van der Waals surface area (Å²) < 4.78 is 0.923. The summed E-state index contributed by atoms with van der Waals surface area (Å²) in [7, 11) is 0. The summed E-state index contributed by atoms with van der Waals surface area (Å²) in [5, 5.41) is 0.606. The van der Waals surface area contributed by atoms with Gasteiger partial charge in [0.25, 0.3) is 0 Å². The van der Waals surface area contributed by atoms with Gasteiger partial charge in [-0.1, -0.05) is 27.5 Å². The molecule has 0 amide bonds. The van der Waals surface area contributed by atoms with Crippen LogP contribution >= 0.6 is 27.5 Å². The van der Waals surface area contributed by atoms with Gasteiger partial charge < -0.3 is 5.73 Å². The minimum absolute atomic E-state index is 0.534. The molecule has 0 saturated heterocycles. The largest absolute Gasteiger partial charge is 0.396 e. The Hall–Kier alpha value is -1.13. The Bertz CT molecular complexity index is 485. The zero-order valence-corrected chi connectivity index (χ0v) is 9.96. The van der Waals surface area contributed by atoms with E-state index in [1.807, 2.05) is 12.1 Å². The van der Waals surface area contributed by atoms with Crippen LogP contribution in [-0.2, 0) is 0 Å². The first kappa shape index (κ1) is 10.4. The van der Waals surface area contributed by atoms with Gasteiger partial charge in [-0.15, -0.1) is 0 Å². The van der Waals surface area contributed by atoms with Crippen LogP contribution in [0.3, 0.4) is 0 Å². The van der Waals surface area contributed by atoms with Crippen molar-refractivity contribution in [3.8, 4) is 11.4 Å². The Morgan fingerprint density at radius 1 is 1.20 bits per heavy atom. The Kier molecular flexibility index (Phi) is 2.88. The number of halogens is 2. The van der Waals surface area contributed by atoms with Gasteiger partial charge in [-0.2, -0.15) is 0 Å². The summed E-state index contributed by atoms with van der Waals surface area (Å²) in [6, 6.07) is 5.55. The lowest BCUT2D eigenvalue weighted by Crippen LogP contribution is -1.92. The fourth-order valence-corrected chi connectivity index (χ4v) is 1.91. The molecular formula is C10H7BrClN3. The number of rotatable bonds is 1. The monoisotopic (exact) mass is 283 g/mol. The Balaban J connectivity index is 2.49. The summed E-state index contributed by atoms with van der Waals surface area (Å²) in [6.45, 7) is 0. The van der Waals surface area contributed by atoms with Crippen molar-refractivity contribution < 1.29 is 0 Å². The Morgan fingerprint density at radius 3 is 2.47 bits per heavy atom. The smallest absolute Gasteiger partial charge is 0.160 e. The number of nitrogen functional groups attached to an aromatic ring is 1. The van der Waals surface area contributed by atoms with Crippen molar-refractivity contribution in [1.29, 1.82) is 0 Å². The second kappa shape index (κ2) is 4.16. The second-order valence-corrected chi connectivity index (χ2v) is 4.29. The predicted molar refractivity (Wildman–Crippen MR) is 64.6 cm³/mol. The van der Waals surface area contributed by atoms with Crippen LogP contribution in [0.4, 0.5) is 5.69 Å². The van der Waals surface area contributed by atoms with E-state index in [2.05, 4.69) is 25.9 Å². The van der Waals surface area contributed by atoms with Gasteiger partial charge in [-0.05, 0) is 18.2 Å². The molecule has 1 heterocycles. The highest BCUT2D eigenvalue weighted by Crippen LogP contribution is 2.27. The van der Waals surface area contributed by atoms with Crippen molar-refractivity contribution in [2.75, 3.05) is 5.73 Å². The zero-order chi connectivity index (χ0) is 10.8. The van der Waals surface area contributed by atoms with Gasteiger partial charge in [0.15, 0.2) is 5.82 Å². The first-order valence-electron chi connectivity index (χ1n) is 4.20. The van der Waals surface area contributed by atoms with Crippen LogP contribution in [-0.4, -0.2) is 9.97 Å². The van der Waals surface area contributed by atoms with E-state index < -0.39 is 0 Å². The van der Waals surface area contributed by atoms with Crippen LogP contribution in [0, 0.1) is 0 Å². The third-order valence-corrected chi connectivity index (χ3v) is 2.65. The van der Waals surface area contributed by atoms with E-state index in [1.54, 1.807) is 18.5 Å². The lowest BCUT2D eigenvalue weighted by molar-refractivity contribution is 1.18. The van der Waals surface area contributed by atoms with Crippen LogP contribution in [0.1, 0.15) is 0 Å². The topological polar surface area (TPSA) is 51.8 Å². The van der Waals surface area contributed by atoms with Crippen LogP contribution in [0.2, 0.25) is 5.02 Å². The molecule has 0 spiro atoms. The maximum atomic E-state index is 6.06. The third-order valence-electron chi connectivity index (χ3n) is 1.84. The standard InChI is InChI=1S/C10H7BrClN3/c11-6-1-2-8(9(12)3-6)10-14-4-7(13)5-15-10/h1-5H,13H2. The van der Waals surface area contributed by atoms with Crippen LogP contribution < -0.4 is 5.73 Å². The number of benzene rings is 1. The molecule has 3 nitrogen and oxygen atoms in total. The average Bonchev–Trinajstić information content (AvgIpc) is 2.20. The van der Waals surface area contributed by atoms with E-state index in [9.17, 15) is 0 Å². The minimum atomic E-state index is 0.534. The quantitative estimate of drug-likeness (QED) is 0.875. The summed E-state index contributed by atoms with van der Waals surface area (Å²) in [5.41, 5.74) is 6.83. The number of nitrogens with zero attached hydrogens (tertiary/aromatic N) is 2. The van der Waals surface area contributed by atoms with E-state index >= 15 is 0 Å². The molecule has 2 aromatic rings. The summed E-state index contributed by atoms with van der Waals surface area (Å²) >= 11 is 9.40.